The first-order chi connectivity index (χ1) is 14.3. The van der Waals surface area contributed by atoms with Gasteiger partial charge in [0.25, 0.3) is 0 Å². The molecule has 0 spiro atoms. The molecule has 1 aliphatic heterocycles. The summed E-state index contributed by atoms with van der Waals surface area (Å²) in [5.41, 5.74) is 0.432. The second-order valence-corrected chi connectivity index (χ2v) is 8.92. The molecule has 0 radical (unpaired) electrons. The molecule has 2 fully saturated rings. The van der Waals surface area contributed by atoms with Crippen molar-refractivity contribution >= 4 is 35.0 Å². The fraction of sp³-hybridized carbons (Fsp3) is 0.591. The van der Waals surface area contributed by atoms with E-state index in [9.17, 15) is 14.4 Å². The van der Waals surface area contributed by atoms with Crippen LogP contribution in [-0.4, -0.2) is 47.9 Å². The predicted octanol–water partition coefficient (Wildman–Crippen LogP) is 3.36. The average molecular weight is 436 g/mol. The van der Waals surface area contributed by atoms with E-state index in [0.29, 0.717) is 22.9 Å². The zero-order chi connectivity index (χ0) is 21.8. The van der Waals surface area contributed by atoms with Crippen molar-refractivity contribution in [1.82, 2.24) is 10.2 Å². The normalized spacial score (nSPS) is 23.6. The molecule has 0 aromatic heterocycles. The highest BCUT2D eigenvalue weighted by molar-refractivity contribution is 6.31. The van der Waals surface area contributed by atoms with E-state index < -0.39 is 6.04 Å². The number of halogens is 1. The number of anilines is 1. The fourth-order valence-electron chi connectivity index (χ4n) is 4.41. The maximum atomic E-state index is 13.1. The summed E-state index contributed by atoms with van der Waals surface area (Å²) in [6.07, 6.45) is 4.00. The van der Waals surface area contributed by atoms with Gasteiger partial charge in [-0.15, -0.1) is 0 Å². The number of rotatable bonds is 6. The van der Waals surface area contributed by atoms with Gasteiger partial charge in [0, 0.05) is 17.5 Å². The molecule has 3 amide bonds. The minimum atomic E-state index is -0.819. The molecule has 30 heavy (non-hydrogen) atoms. The Kier molecular flexibility index (Phi) is 7.23. The lowest BCUT2D eigenvalue weighted by molar-refractivity contribution is -0.152. The molecular formula is C22H30ClN3O4. The number of ether oxygens (including phenoxy) is 1. The van der Waals surface area contributed by atoms with Gasteiger partial charge in [0.05, 0.1) is 25.3 Å². The highest BCUT2D eigenvalue weighted by Crippen LogP contribution is 2.32. The Balaban J connectivity index is 1.80. The Hall–Kier alpha value is -2.28. The van der Waals surface area contributed by atoms with Crippen LogP contribution in [0.3, 0.4) is 0 Å². The molecule has 1 aromatic rings. The summed E-state index contributed by atoms with van der Waals surface area (Å²) in [5, 5.41) is 6.28. The monoisotopic (exact) mass is 435 g/mol. The van der Waals surface area contributed by atoms with E-state index in [2.05, 4.69) is 10.6 Å². The van der Waals surface area contributed by atoms with Crippen LogP contribution >= 0.6 is 11.6 Å². The molecule has 1 heterocycles. The van der Waals surface area contributed by atoms with Gasteiger partial charge in [0.15, 0.2) is 0 Å². The van der Waals surface area contributed by atoms with Crippen LogP contribution in [-0.2, 0) is 14.4 Å². The van der Waals surface area contributed by atoms with E-state index in [0.717, 1.165) is 25.7 Å². The average Bonchev–Trinajstić information content (AvgIpc) is 2.68. The minimum absolute atomic E-state index is 0.0327. The second kappa shape index (κ2) is 9.69. The highest BCUT2D eigenvalue weighted by atomic mass is 35.5. The molecule has 164 valence electrons. The number of piperazine rings is 1. The van der Waals surface area contributed by atoms with Crippen LogP contribution in [0, 0.1) is 5.92 Å². The summed E-state index contributed by atoms with van der Waals surface area (Å²) in [5.74, 6) is -0.0404. The number of carbonyl (C=O) groups is 3. The van der Waals surface area contributed by atoms with E-state index in [-0.39, 0.29) is 42.1 Å². The minimum Gasteiger partial charge on any atom is -0.495 e. The van der Waals surface area contributed by atoms with Gasteiger partial charge in [-0.3, -0.25) is 14.4 Å². The number of methoxy groups -OCH3 is 1. The predicted molar refractivity (Wildman–Crippen MR) is 116 cm³/mol. The summed E-state index contributed by atoms with van der Waals surface area (Å²) >= 11 is 6.04. The van der Waals surface area contributed by atoms with Crippen molar-refractivity contribution in [3.05, 3.63) is 23.2 Å². The molecule has 3 rings (SSSR count). The third-order valence-electron chi connectivity index (χ3n) is 5.74. The molecule has 7 nitrogen and oxygen atoms in total. The molecule has 1 aliphatic carbocycles. The zero-order valence-corrected chi connectivity index (χ0v) is 18.5. The van der Waals surface area contributed by atoms with Gasteiger partial charge >= 0.3 is 0 Å². The van der Waals surface area contributed by atoms with Crippen molar-refractivity contribution in [2.24, 2.45) is 5.92 Å². The van der Waals surface area contributed by atoms with E-state index in [4.69, 9.17) is 16.3 Å². The van der Waals surface area contributed by atoms with Crippen LogP contribution in [0.15, 0.2) is 18.2 Å². The summed E-state index contributed by atoms with van der Waals surface area (Å²) < 4.78 is 5.27. The maximum absolute atomic E-state index is 13.1. The second-order valence-electron chi connectivity index (χ2n) is 8.48. The molecule has 0 bridgehead atoms. The first-order valence-corrected chi connectivity index (χ1v) is 10.9. The van der Waals surface area contributed by atoms with Crippen molar-refractivity contribution in [3.8, 4) is 5.75 Å². The summed E-state index contributed by atoms with van der Waals surface area (Å²) in [7, 11) is 1.50. The molecule has 0 unspecified atom stereocenters. The Morgan fingerprint density at radius 3 is 2.73 bits per heavy atom. The number of benzene rings is 1. The zero-order valence-electron chi connectivity index (χ0n) is 17.7. The Labute approximate surface area is 182 Å². The van der Waals surface area contributed by atoms with Crippen molar-refractivity contribution in [3.63, 3.8) is 0 Å². The molecule has 8 heteroatoms. The first kappa shape index (κ1) is 22.4. The number of nitrogens with one attached hydrogen (secondary N) is 2. The number of hydrogen-bond acceptors (Lipinski definition) is 4. The smallest absolute Gasteiger partial charge is 0.243 e. The van der Waals surface area contributed by atoms with Crippen molar-refractivity contribution in [2.75, 3.05) is 12.4 Å². The van der Waals surface area contributed by atoms with Crippen LogP contribution in [0.4, 0.5) is 5.69 Å². The van der Waals surface area contributed by atoms with Crippen LogP contribution in [0.1, 0.15) is 52.4 Å². The number of nitrogens with zero attached hydrogens (tertiary/aromatic N) is 1. The number of fused-ring (bicyclic) bond motifs is 1. The van der Waals surface area contributed by atoms with E-state index >= 15 is 0 Å². The number of hydrogen-bond donors (Lipinski definition) is 2. The SMILES string of the molecule is COc1ccc(Cl)cc1NC(=O)C[C@@H]1C(=O)N[C@H]2CCCC[C@@H]2N1C(=O)CC(C)C. The largest absolute Gasteiger partial charge is 0.495 e. The lowest BCUT2D eigenvalue weighted by Crippen LogP contribution is -2.68. The van der Waals surface area contributed by atoms with Gasteiger partial charge in [0.2, 0.25) is 17.7 Å². The molecule has 1 saturated heterocycles. The Morgan fingerprint density at radius 1 is 1.30 bits per heavy atom. The van der Waals surface area contributed by atoms with Gasteiger partial charge < -0.3 is 20.3 Å². The lowest BCUT2D eigenvalue weighted by atomic mass is 9.84. The van der Waals surface area contributed by atoms with Crippen LogP contribution < -0.4 is 15.4 Å². The van der Waals surface area contributed by atoms with E-state index in [1.54, 1.807) is 23.1 Å². The molecule has 1 saturated carbocycles. The molecular weight excluding hydrogens is 406 g/mol. The molecule has 1 aromatic carbocycles. The van der Waals surface area contributed by atoms with E-state index in [1.165, 1.54) is 7.11 Å². The van der Waals surface area contributed by atoms with Crippen molar-refractivity contribution < 1.29 is 19.1 Å². The highest BCUT2D eigenvalue weighted by Gasteiger charge is 2.45. The number of amides is 3. The number of carbonyl (C=O) groups excluding carboxylic acids is 3. The molecule has 3 atom stereocenters. The third-order valence-corrected chi connectivity index (χ3v) is 5.97. The van der Waals surface area contributed by atoms with Crippen LogP contribution in [0.25, 0.3) is 0 Å². The van der Waals surface area contributed by atoms with Crippen molar-refractivity contribution in [2.45, 2.75) is 70.5 Å². The van der Waals surface area contributed by atoms with Gasteiger partial charge in [-0.05, 0) is 37.0 Å². The quantitative estimate of drug-likeness (QED) is 0.717. The van der Waals surface area contributed by atoms with Crippen LogP contribution in [0.5, 0.6) is 5.75 Å². The lowest BCUT2D eigenvalue weighted by Gasteiger charge is -2.48. The topological polar surface area (TPSA) is 87.7 Å². The third kappa shape index (κ3) is 5.06. The maximum Gasteiger partial charge on any atom is 0.243 e. The van der Waals surface area contributed by atoms with Gasteiger partial charge in [-0.2, -0.15) is 0 Å². The van der Waals surface area contributed by atoms with Crippen molar-refractivity contribution in [1.29, 1.82) is 0 Å². The summed E-state index contributed by atoms with van der Waals surface area (Å²) in [4.78, 5) is 40.5. The van der Waals surface area contributed by atoms with Crippen LogP contribution in [0.2, 0.25) is 5.02 Å². The first-order valence-electron chi connectivity index (χ1n) is 10.5. The van der Waals surface area contributed by atoms with E-state index in [1.807, 2.05) is 13.8 Å². The standard InChI is InChI=1S/C22H30ClN3O4/c1-13(2)10-21(28)26-17-7-5-4-6-15(17)25-22(29)18(26)12-20(27)24-16-11-14(23)8-9-19(16)30-3/h8-9,11,13,15,17-18H,4-7,10,12H2,1-3H3,(H,24,27)(H,25,29)/t15-,17-,18+/m0/s1. The Morgan fingerprint density at radius 2 is 2.03 bits per heavy atom. The summed E-state index contributed by atoms with van der Waals surface area (Å²) in [6, 6.07) is 4.02. The fourth-order valence-corrected chi connectivity index (χ4v) is 4.58. The van der Waals surface area contributed by atoms with Gasteiger partial charge in [0.1, 0.15) is 11.8 Å². The Bertz CT molecular complexity index is 814. The molecule has 2 N–H and O–H groups in total. The van der Waals surface area contributed by atoms with Gasteiger partial charge in [-0.25, -0.2) is 0 Å². The van der Waals surface area contributed by atoms with Gasteiger partial charge in [-0.1, -0.05) is 38.3 Å². The summed E-state index contributed by atoms with van der Waals surface area (Å²) in [6.45, 7) is 3.96. The molecule has 2 aliphatic rings.